The second-order valence-electron chi connectivity index (χ2n) is 8.02. The number of hydrogen-bond donors (Lipinski definition) is 1. The van der Waals surface area contributed by atoms with Crippen LogP contribution in [0.4, 0.5) is 13.2 Å². The van der Waals surface area contributed by atoms with Crippen molar-refractivity contribution in [1.82, 2.24) is 20.2 Å². The van der Waals surface area contributed by atoms with Gasteiger partial charge in [-0.25, -0.2) is 0 Å². The van der Waals surface area contributed by atoms with Crippen LogP contribution in [0.3, 0.4) is 0 Å². The molecule has 3 heterocycles. The smallest absolute Gasteiger partial charge is 0.343 e. The predicted octanol–water partition coefficient (Wildman–Crippen LogP) is 3.96. The maximum absolute atomic E-state index is 13.1. The molecule has 1 unspecified atom stereocenters. The first kappa shape index (κ1) is 24.5. The summed E-state index contributed by atoms with van der Waals surface area (Å²) in [5.74, 6) is -0.303. The van der Waals surface area contributed by atoms with Gasteiger partial charge in [0.25, 0.3) is 5.91 Å². The molecule has 1 fully saturated rings. The van der Waals surface area contributed by atoms with E-state index in [1.165, 1.54) is 35.0 Å². The highest BCUT2D eigenvalue weighted by Gasteiger charge is 2.33. The summed E-state index contributed by atoms with van der Waals surface area (Å²) < 4.78 is 39.3. The van der Waals surface area contributed by atoms with Crippen molar-refractivity contribution in [3.63, 3.8) is 0 Å². The molecule has 0 bridgehead atoms. The van der Waals surface area contributed by atoms with E-state index in [1.54, 1.807) is 25.1 Å². The summed E-state index contributed by atoms with van der Waals surface area (Å²) in [5.41, 5.74) is 0.981. The lowest BCUT2D eigenvalue weighted by Crippen LogP contribution is -2.42. The monoisotopic (exact) mass is 499 g/mol. The normalized spacial score (nSPS) is 16.7. The Balaban J connectivity index is 1.57. The van der Waals surface area contributed by atoms with E-state index in [0.717, 1.165) is 12.3 Å². The van der Waals surface area contributed by atoms with Gasteiger partial charge in [-0.3, -0.25) is 19.6 Å². The number of pyridine rings is 2. The second kappa shape index (κ2) is 9.92. The molecule has 1 aromatic carbocycles. The number of alkyl halides is 3. The molecular weight excluding hydrogens is 479 g/mol. The number of thioether (sulfide) groups is 1. The van der Waals surface area contributed by atoms with E-state index in [4.69, 9.17) is 5.26 Å². The number of carbonyl (C=O) groups is 2. The van der Waals surface area contributed by atoms with Crippen LogP contribution in [0.2, 0.25) is 0 Å². The zero-order valence-corrected chi connectivity index (χ0v) is 19.4. The number of nitriles is 1. The molecule has 1 aliphatic rings. The van der Waals surface area contributed by atoms with E-state index in [9.17, 15) is 22.8 Å². The van der Waals surface area contributed by atoms with Crippen LogP contribution in [0.25, 0.3) is 10.9 Å². The molecule has 2 amide bonds. The third-order valence-corrected chi connectivity index (χ3v) is 6.85. The third kappa shape index (κ3) is 5.22. The minimum Gasteiger partial charge on any atom is -0.343 e. The van der Waals surface area contributed by atoms with Crippen molar-refractivity contribution < 1.29 is 22.8 Å². The summed E-state index contributed by atoms with van der Waals surface area (Å²) in [7, 11) is 0. The average Bonchev–Trinajstić information content (AvgIpc) is 3.34. The van der Waals surface area contributed by atoms with E-state index in [-0.39, 0.29) is 18.0 Å². The molecule has 0 spiro atoms. The van der Waals surface area contributed by atoms with E-state index < -0.39 is 29.7 Å². The van der Waals surface area contributed by atoms with Crippen molar-refractivity contribution in [2.24, 2.45) is 0 Å². The quantitative estimate of drug-likeness (QED) is 0.571. The van der Waals surface area contributed by atoms with Crippen LogP contribution in [0, 0.1) is 11.3 Å². The maximum Gasteiger partial charge on any atom is 0.433 e. The summed E-state index contributed by atoms with van der Waals surface area (Å²) in [4.78, 5) is 34.5. The summed E-state index contributed by atoms with van der Waals surface area (Å²) in [5, 5.41) is 12.3. The molecule has 1 N–H and O–H groups in total. The Hall–Kier alpha value is -3.65. The van der Waals surface area contributed by atoms with Crippen molar-refractivity contribution in [2.75, 3.05) is 18.2 Å². The minimum absolute atomic E-state index is 0.255. The van der Waals surface area contributed by atoms with Gasteiger partial charge in [0.2, 0.25) is 5.91 Å². The molecule has 180 valence electrons. The number of nitrogens with one attached hydrogen (secondary N) is 1. The van der Waals surface area contributed by atoms with E-state index in [0.29, 0.717) is 33.7 Å². The zero-order valence-electron chi connectivity index (χ0n) is 18.5. The van der Waals surface area contributed by atoms with Crippen molar-refractivity contribution in [3.8, 4) is 6.07 Å². The Kier molecular flexibility index (Phi) is 6.93. The zero-order chi connectivity index (χ0) is 25.2. The fourth-order valence-corrected chi connectivity index (χ4v) is 4.95. The van der Waals surface area contributed by atoms with Crippen LogP contribution in [0.5, 0.6) is 0 Å². The summed E-state index contributed by atoms with van der Waals surface area (Å²) in [6.45, 7) is 1.51. The Labute approximate surface area is 203 Å². The number of rotatable bonds is 5. The van der Waals surface area contributed by atoms with Crippen molar-refractivity contribution in [1.29, 1.82) is 5.26 Å². The lowest BCUT2D eigenvalue weighted by atomic mass is 9.91. The molecule has 7 nitrogen and oxygen atoms in total. The van der Waals surface area contributed by atoms with Gasteiger partial charge >= 0.3 is 6.18 Å². The molecule has 0 saturated carbocycles. The minimum atomic E-state index is -4.55. The number of benzene rings is 1. The Bertz CT molecular complexity index is 1320. The topological polar surface area (TPSA) is 99.0 Å². The first-order valence-electron chi connectivity index (χ1n) is 10.7. The number of halogens is 3. The predicted molar refractivity (Wildman–Crippen MR) is 124 cm³/mol. The molecule has 2 atom stereocenters. The van der Waals surface area contributed by atoms with Gasteiger partial charge in [0.1, 0.15) is 11.7 Å². The SMILES string of the molecule is CC(c1ccnc(C(F)(F)F)c1)c1ccc2nccc(C(=O)NCC(=O)N3CSC[C@H]3C#N)c2c1. The molecule has 4 rings (SSSR count). The van der Waals surface area contributed by atoms with E-state index in [2.05, 4.69) is 21.4 Å². The van der Waals surface area contributed by atoms with Crippen molar-refractivity contribution in [2.45, 2.75) is 25.1 Å². The van der Waals surface area contributed by atoms with Gasteiger partial charge in [0, 0.05) is 29.5 Å². The van der Waals surface area contributed by atoms with Gasteiger partial charge < -0.3 is 10.2 Å². The maximum atomic E-state index is 13.1. The van der Waals surface area contributed by atoms with Crippen LogP contribution in [0.1, 0.15) is 40.0 Å². The molecule has 0 aliphatic carbocycles. The van der Waals surface area contributed by atoms with Crippen LogP contribution < -0.4 is 5.32 Å². The molecule has 11 heteroatoms. The van der Waals surface area contributed by atoms with Crippen molar-refractivity contribution >= 4 is 34.5 Å². The number of carbonyl (C=O) groups excluding carboxylic acids is 2. The van der Waals surface area contributed by atoms with Gasteiger partial charge in [-0.2, -0.15) is 18.4 Å². The molecule has 1 saturated heterocycles. The molecule has 0 radical (unpaired) electrons. The second-order valence-corrected chi connectivity index (χ2v) is 9.02. The van der Waals surface area contributed by atoms with Crippen molar-refractivity contribution in [3.05, 3.63) is 71.2 Å². The fraction of sp³-hybridized carbons (Fsp3) is 0.292. The van der Waals surface area contributed by atoms with Gasteiger partial charge in [-0.1, -0.05) is 13.0 Å². The van der Waals surface area contributed by atoms with Crippen LogP contribution >= 0.6 is 11.8 Å². The number of hydrogen-bond acceptors (Lipinski definition) is 6. The van der Waals surface area contributed by atoms with Gasteiger partial charge in [-0.15, -0.1) is 11.8 Å². The molecular formula is C24H20F3N5O2S. The lowest BCUT2D eigenvalue weighted by Gasteiger charge is -2.19. The summed E-state index contributed by atoms with van der Waals surface area (Å²) in [6, 6.07) is 10.8. The third-order valence-electron chi connectivity index (χ3n) is 5.84. The average molecular weight is 500 g/mol. The molecule has 1 aliphatic heterocycles. The Morgan fingerprint density at radius 2 is 1.94 bits per heavy atom. The van der Waals surface area contributed by atoms with Gasteiger partial charge in [0.15, 0.2) is 0 Å². The Morgan fingerprint density at radius 1 is 1.20 bits per heavy atom. The summed E-state index contributed by atoms with van der Waals surface area (Å²) >= 11 is 1.48. The molecule has 2 aromatic heterocycles. The van der Waals surface area contributed by atoms with Crippen LogP contribution in [0.15, 0.2) is 48.8 Å². The van der Waals surface area contributed by atoms with Gasteiger partial charge in [0.05, 0.1) is 29.6 Å². The molecule has 3 aromatic rings. The first-order valence-corrected chi connectivity index (χ1v) is 11.8. The van der Waals surface area contributed by atoms with E-state index >= 15 is 0 Å². The number of nitrogens with zero attached hydrogens (tertiary/aromatic N) is 4. The number of fused-ring (bicyclic) bond motifs is 1. The summed E-state index contributed by atoms with van der Waals surface area (Å²) in [6.07, 6.45) is -1.95. The highest BCUT2D eigenvalue weighted by molar-refractivity contribution is 7.99. The fourth-order valence-electron chi connectivity index (χ4n) is 3.84. The standard InChI is InChI=1S/C24H20F3N5O2S/c1-14(16-4-6-30-21(9-16)24(25,26)27)15-2-3-20-19(8-15)18(5-7-29-20)23(34)31-11-22(33)32-13-35-12-17(32)10-28/h2-9,14,17H,11-13H2,1H3,(H,31,34)/t14?,17-/m1/s1. The van der Waals surface area contributed by atoms with Crippen LogP contribution in [-0.4, -0.2) is 50.9 Å². The van der Waals surface area contributed by atoms with Crippen LogP contribution in [-0.2, 0) is 11.0 Å². The Morgan fingerprint density at radius 3 is 2.69 bits per heavy atom. The van der Waals surface area contributed by atoms with E-state index in [1.807, 2.05) is 0 Å². The largest absolute Gasteiger partial charge is 0.433 e. The van der Waals surface area contributed by atoms with Gasteiger partial charge in [-0.05, 0) is 41.5 Å². The highest BCUT2D eigenvalue weighted by atomic mass is 32.2. The first-order chi connectivity index (χ1) is 16.7. The number of aromatic nitrogens is 2. The molecule has 35 heavy (non-hydrogen) atoms. The highest BCUT2D eigenvalue weighted by Crippen LogP contribution is 2.32. The number of amides is 2. The lowest BCUT2D eigenvalue weighted by molar-refractivity contribution is -0.141.